The third kappa shape index (κ3) is 4.04. The lowest BCUT2D eigenvalue weighted by atomic mass is 10.1. The van der Waals surface area contributed by atoms with Gasteiger partial charge in [-0.3, -0.25) is 9.59 Å². The van der Waals surface area contributed by atoms with Gasteiger partial charge in [-0.1, -0.05) is 48.0 Å². The van der Waals surface area contributed by atoms with Crippen molar-refractivity contribution in [1.82, 2.24) is 0 Å². The normalized spacial score (nSPS) is 11.0. The second kappa shape index (κ2) is 6.52. The van der Waals surface area contributed by atoms with Gasteiger partial charge in [0.2, 0.25) is 5.78 Å². The summed E-state index contributed by atoms with van der Waals surface area (Å²) in [5.41, 5.74) is 2.06. The first-order valence-corrected chi connectivity index (χ1v) is 6.44. The van der Waals surface area contributed by atoms with Crippen LogP contribution in [0.2, 0.25) is 0 Å². The fourth-order valence-corrected chi connectivity index (χ4v) is 1.71. The second-order valence-electron chi connectivity index (χ2n) is 4.58. The van der Waals surface area contributed by atoms with Crippen molar-refractivity contribution in [1.29, 1.82) is 0 Å². The summed E-state index contributed by atoms with van der Waals surface area (Å²) in [6.07, 6.45) is 0.920. The Labute approximate surface area is 122 Å². The molecule has 21 heavy (non-hydrogen) atoms. The van der Waals surface area contributed by atoms with Gasteiger partial charge >= 0.3 is 0 Å². The predicted molar refractivity (Wildman–Crippen MR) is 81.9 cm³/mol. The van der Waals surface area contributed by atoms with E-state index < -0.39 is 11.7 Å². The molecule has 0 aromatic heterocycles. The predicted octanol–water partition coefficient (Wildman–Crippen LogP) is 3.10. The molecular weight excluding hydrogens is 266 g/mol. The number of ketones is 1. The van der Waals surface area contributed by atoms with E-state index in [1.165, 1.54) is 0 Å². The third-order valence-corrected chi connectivity index (χ3v) is 2.87. The number of aliphatic hydroxyl groups is 1. The molecule has 4 heteroatoms. The molecule has 1 amide bonds. The fraction of sp³-hybridized carbons (Fsp3) is 0.0588. The maximum atomic E-state index is 11.7. The Hall–Kier alpha value is -2.88. The van der Waals surface area contributed by atoms with E-state index in [1.54, 1.807) is 42.5 Å². The van der Waals surface area contributed by atoms with Crippen molar-refractivity contribution in [3.63, 3.8) is 0 Å². The van der Waals surface area contributed by atoms with E-state index in [0.29, 0.717) is 11.3 Å². The molecule has 2 rings (SSSR count). The smallest absolute Gasteiger partial charge is 0.296 e. The molecule has 0 radical (unpaired) electrons. The van der Waals surface area contributed by atoms with E-state index in [4.69, 9.17) is 0 Å². The highest BCUT2D eigenvalue weighted by atomic mass is 16.3. The third-order valence-electron chi connectivity index (χ3n) is 2.87. The molecular formula is C17H15NO3. The minimum absolute atomic E-state index is 0.233. The number of rotatable bonds is 4. The lowest BCUT2D eigenvalue weighted by Crippen LogP contribution is -2.21. The van der Waals surface area contributed by atoms with Crippen molar-refractivity contribution in [2.45, 2.75) is 6.92 Å². The minimum atomic E-state index is -0.808. The van der Waals surface area contributed by atoms with Gasteiger partial charge < -0.3 is 10.4 Å². The van der Waals surface area contributed by atoms with Crippen LogP contribution in [0.3, 0.4) is 0 Å². The summed E-state index contributed by atoms with van der Waals surface area (Å²) in [5.74, 6) is -1.83. The van der Waals surface area contributed by atoms with E-state index in [-0.39, 0.29) is 5.76 Å². The number of carbonyl (C=O) groups excluding carboxylic acids is 2. The standard InChI is InChI=1S/C17H15NO3/c1-12-7-9-13(10-8-12)15(19)11-16(20)17(21)18-14-5-3-2-4-6-14/h2-11,19H,1H3,(H,18,21)/b15-11+. The van der Waals surface area contributed by atoms with Crippen LogP contribution in [-0.2, 0) is 9.59 Å². The molecule has 2 N–H and O–H groups in total. The quantitative estimate of drug-likeness (QED) is 0.514. The first-order chi connectivity index (χ1) is 10.1. The van der Waals surface area contributed by atoms with E-state index in [2.05, 4.69) is 5.32 Å². The average molecular weight is 281 g/mol. The van der Waals surface area contributed by atoms with Crippen LogP contribution in [0.25, 0.3) is 5.76 Å². The zero-order valence-electron chi connectivity index (χ0n) is 11.5. The molecule has 2 aromatic carbocycles. The Morgan fingerprint density at radius 3 is 2.24 bits per heavy atom. The summed E-state index contributed by atoms with van der Waals surface area (Å²) < 4.78 is 0. The van der Waals surface area contributed by atoms with Crippen molar-refractivity contribution in [2.24, 2.45) is 0 Å². The van der Waals surface area contributed by atoms with Crippen molar-refractivity contribution in [2.75, 3.05) is 5.32 Å². The molecule has 0 saturated heterocycles. The Morgan fingerprint density at radius 1 is 1.00 bits per heavy atom. The van der Waals surface area contributed by atoms with Crippen LogP contribution in [-0.4, -0.2) is 16.8 Å². The van der Waals surface area contributed by atoms with Crippen LogP contribution >= 0.6 is 0 Å². The Bertz CT molecular complexity index is 673. The summed E-state index contributed by atoms with van der Waals surface area (Å²) in [5, 5.41) is 12.3. The molecule has 0 fully saturated rings. The monoisotopic (exact) mass is 281 g/mol. The molecule has 0 heterocycles. The van der Waals surface area contributed by atoms with E-state index in [1.807, 2.05) is 19.1 Å². The van der Waals surface area contributed by atoms with Gasteiger partial charge in [-0.25, -0.2) is 0 Å². The minimum Gasteiger partial charge on any atom is -0.507 e. The molecule has 0 aliphatic carbocycles. The Morgan fingerprint density at radius 2 is 1.62 bits per heavy atom. The van der Waals surface area contributed by atoms with Gasteiger partial charge in [0.05, 0.1) is 0 Å². The van der Waals surface area contributed by atoms with Crippen LogP contribution in [0.1, 0.15) is 11.1 Å². The number of aliphatic hydroxyl groups excluding tert-OH is 1. The van der Waals surface area contributed by atoms with E-state index in [0.717, 1.165) is 11.6 Å². The summed E-state index contributed by atoms with van der Waals surface area (Å²) in [7, 11) is 0. The van der Waals surface area contributed by atoms with Gasteiger partial charge in [-0.2, -0.15) is 0 Å². The first-order valence-electron chi connectivity index (χ1n) is 6.44. The van der Waals surface area contributed by atoms with Gasteiger partial charge in [-0.05, 0) is 19.1 Å². The molecule has 0 atom stereocenters. The van der Waals surface area contributed by atoms with Crippen LogP contribution in [0, 0.1) is 6.92 Å². The van der Waals surface area contributed by atoms with E-state index >= 15 is 0 Å². The molecule has 0 saturated carbocycles. The molecule has 0 bridgehead atoms. The molecule has 0 aliphatic heterocycles. The van der Waals surface area contributed by atoms with Gasteiger partial charge in [-0.15, -0.1) is 0 Å². The SMILES string of the molecule is Cc1ccc(/C(O)=C\C(=O)C(=O)Nc2ccccc2)cc1. The topological polar surface area (TPSA) is 66.4 Å². The van der Waals surface area contributed by atoms with Crippen LogP contribution < -0.4 is 5.32 Å². The lowest BCUT2D eigenvalue weighted by Gasteiger charge is -2.03. The highest BCUT2D eigenvalue weighted by Crippen LogP contribution is 2.12. The summed E-state index contributed by atoms with van der Waals surface area (Å²) in [6.45, 7) is 1.92. The highest BCUT2D eigenvalue weighted by molar-refractivity contribution is 6.45. The number of amides is 1. The average Bonchev–Trinajstić information content (AvgIpc) is 2.48. The Kier molecular flexibility index (Phi) is 4.51. The van der Waals surface area contributed by atoms with Crippen LogP contribution in [0.4, 0.5) is 5.69 Å². The number of aryl methyl sites for hydroxylation is 1. The van der Waals surface area contributed by atoms with Crippen molar-refractivity contribution in [3.8, 4) is 0 Å². The molecule has 106 valence electrons. The summed E-state index contributed by atoms with van der Waals surface area (Å²) in [4.78, 5) is 23.5. The highest BCUT2D eigenvalue weighted by Gasteiger charge is 2.13. The largest absolute Gasteiger partial charge is 0.507 e. The van der Waals surface area contributed by atoms with E-state index in [9.17, 15) is 14.7 Å². The molecule has 4 nitrogen and oxygen atoms in total. The molecule has 0 spiro atoms. The zero-order valence-corrected chi connectivity index (χ0v) is 11.5. The number of hydrogen-bond acceptors (Lipinski definition) is 3. The maximum absolute atomic E-state index is 11.7. The van der Waals surface area contributed by atoms with Crippen molar-refractivity contribution in [3.05, 3.63) is 71.8 Å². The lowest BCUT2D eigenvalue weighted by molar-refractivity contribution is -0.131. The number of nitrogens with one attached hydrogen (secondary N) is 1. The van der Waals surface area contributed by atoms with Crippen molar-refractivity contribution >= 4 is 23.1 Å². The fourth-order valence-electron chi connectivity index (χ4n) is 1.71. The number of anilines is 1. The maximum Gasteiger partial charge on any atom is 0.296 e. The number of para-hydroxylation sites is 1. The Balaban J connectivity index is 2.07. The number of hydrogen-bond donors (Lipinski definition) is 2. The summed E-state index contributed by atoms with van der Waals surface area (Å²) in [6, 6.07) is 15.7. The van der Waals surface area contributed by atoms with Gasteiger partial charge in [0.15, 0.2) is 0 Å². The van der Waals surface area contributed by atoms with Gasteiger partial charge in [0.25, 0.3) is 5.91 Å². The van der Waals surface area contributed by atoms with Gasteiger partial charge in [0, 0.05) is 17.3 Å². The molecule has 0 aliphatic rings. The number of carbonyl (C=O) groups is 2. The number of benzene rings is 2. The summed E-state index contributed by atoms with van der Waals surface area (Å²) >= 11 is 0. The first kappa shape index (κ1) is 14.5. The van der Waals surface area contributed by atoms with Crippen LogP contribution in [0.15, 0.2) is 60.7 Å². The van der Waals surface area contributed by atoms with Crippen molar-refractivity contribution < 1.29 is 14.7 Å². The van der Waals surface area contributed by atoms with Crippen LogP contribution in [0.5, 0.6) is 0 Å². The molecule has 2 aromatic rings. The van der Waals surface area contributed by atoms with Gasteiger partial charge in [0.1, 0.15) is 5.76 Å². The molecule has 0 unspecified atom stereocenters. The zero-order chi connectivity index (χ0) is 15.2. The second-order valence-corrected chi connectivity index (χ2v) is 4.58.